The first kappa shape index (κ1) is 14.2. The summed E-state index contributed by atoms with van der Waals surface area (Å²) in [5.74, 6) is 0.259. The Morgan fingerprint density at radius 1 is 1.16 bits per heavy atom. The zero-order chi connectivity index (χ0) is 13.9. The molecule has 2 nitrogen and oxygen atoms in total. The Labute approximate surface area is 111 Å². The van der Waals surface area contributed by atoms with Gasteiger partial charge in [0, 0.05) is 11.7 Å². The van der Waals surface area contributed by atoms with E-state index in [4.69, 9.17) is 5.73 Å². The number of nitrogens with two attached hydrogens (primary N) is 1. The molecule has 1 aromatic carbocycles. The molecule has 5 heteroatoms. The molecule has 2 unspecified atom stereocenters. The first-order chi connectivity index (χ1) is 9.02. The number of alkyl halides is 3. The van der Waals surface area contributed by atoms with E-state index >= 15 is 0 Å². The third-order valence-corrected chi connectivity index (χ3v) is 3.79. The monoisotopic (exact) mass is 272 g/mol. The van der Waals surface area contributed by atoms with E-state index in [1.807, 2.05) is 0 Å². The van der Waals surface area contributed by atoms with Crippen molar-refractivity contribution in [3.8, 4) is 0 Å². The van der Waals surface area contributed by atoms with E-state index in [1.165, 1.54) is 12.1 Å². The van der Waals surface area contributed by atoms with E-state index in [1.54, 1.807) is 6.07 Å². The van der Waals surface area contributed by atoms with Gasteiger partial charge in [0.05, 0.1) is 5.56 Å². The molecule has 1 aliphatic rings. The largest absolute Gasteiger partial charge is 0.418 e. The summed E-state index contributed by atoms with van der Waals surface area (Å²) in [5.41, 5.74) is 5.28. The molecular weight excluding hydrogens is 253 g/mol. The molecule has 1 fully saturated rings. The standard InChI is InChI=1S/C14H19F3N2/c15-14(16,17)11-6-2-4-8-13(11)19-12-7-3-1-5-10(12)9-18/h2,4,6,8,10,12,19H,1,3,5,7,9,18H2. The molecule has 3 N–H and O–H groups in total. The van der Waals surface area contributed by atoms with Crippen LogP contribution in [0.4, 0.5) is 18.9 Å². The summed E-state index contributed by atoms with van der Waals surface area (Å²) in [4.78, 5) is 0. The highest BCUT2D eigenvalue weighted by Gasteiger charge is 2.34. The zero-order valence-corrected chi connectivity index (χ0v) is 10.7. The average Bonchev–Trinajstić information content (AvgIpc) is 2.39. The molecule has 1 aromatic rings. The molecule has 0 saturated heterocycles. The fourth-order valence-electron chi connectivity index (χ4n) is 2.74. The van der Waals surface area contributed by atoms with E-state index in [0.29, 0.717) is 6.54 Å². The second-order valence-corrected chi connectivity index (χ2v) is 5.07. The van der Waals surface area contributed by atoms with Crippen LogP contribution in [-0.2, 0) is 6.18 Å². The maximum atomic E-state index is 12.9. The lowest BCUT2D eigenvalue weighted by Gasteiger charge is -2.32. The van der Waals surface area contributed by atoms with E-state index < -0.39 is 11.7 Å². The van der Waals surface area contributed by atoms with Gasteiger partial charge in [-0.3, -0.25) is 0 Å². The van der Waals surface area contributed by atoms with Gasteiger partial charge in [-0.15, -0.1) is 0 Å². The van der Waals surface area contributed by atoms with Gasteiger partial charge in [-0.2, -0.15) is 13.2 Å². The van der Waals surface area contributed by atoms with Crippen molar-refractivity contribution >= 4 is 5.69 Å². The zero-order valence-electron chi connectivity index (χ0n) is 10.7. The second-order valence-electron chi connectivity index (χ2n) is 5.07. The molecule has 0 spiro atoms. The highest BCUT2D eigenvalue weighted by Crippen LogP contribution is 2.36. The minimum Gasteiger partial charge on any atom is -0.381 e. The predicted molar refractivity (Wildman–Crippen MR) is 69.9 cm³/mol. The van der Waals surface area contributed by atoms with Crippen molar-refractivity contribution in [1.29, 1.82) is 0 Å². The molecule has 1 aliphatic carbocycles. The van der Waals surface area contributed by atoms with Gasteiger partial charge in [-0.05, 0) is 37.4 Å². The van der Waals surface area contributed by atoms with E-state index in [0.717, 1.165) is 31.7 Å². The Kier molecular flexibility index (Phi) is 4.34. The molecule has 19 heavy (non-hydrogen) atoms. The number of halogens is 3. The number of rotatable bonds is 3. The normalized spacial score (nSPS) is 24.2. The smallest absolute Gasteiger partial charge is 0.381 e. The van der Waals surface area contributed by atoms with Crippen molar-refractivity contribution in [1.82, 2.24) is 0 Å². The Morgan fingerprint density at radius 2 is 1.84 bits per heavy atom. The van der Waals surface area contributed by atoms with Crippen molar-refractivity contribution in [2.45, 2.75) is 37.9 Å². The van der Waals surface area contributed by atoms with Crippen molar-refractivity contribution in [3.05, 3.63) is 29.8 Å². The molecule has 2 atom stereocenters. The number of para-hydroxylation sites is 1. The van der Waals surface area contributed by atoms with Crippen LogP contribution in [0.2, 0.25) is 0 Å². The van der Waals surface area contributed by atoms with Crippen LogP contribution in [0, 0.1) is 5.92 Å². The van der Waals surface area contributed by atoms with E-state index in [-0.39, 0.29) is 17.6 Å². The van der Waals surface area contributed by atoms with Crippen LogP contribution in [0.25, 0.3) is 0 Å². The van der Waals surface area contributed by atoms with Gasteiger partial charge in [0.1, 0.15) is 0 Å². The molecule has 0 bridgehead atoms. The highest BCUT2D eigenvalue weighted by molar-refractivity contribution is 5.53. The van der Waals surface area contributed by atoms with Gasteiger partial charge >= 0.3 is 6.18 Å². The Hall–Kier alpha value is -1.23. The lowest BCUT2D eigenvalue weighted by atomic mass is 9.84. The van der Waals surface area contributed by atoms with Gasteiger partial charge in [-0.25, -0.2) is 0 Å². The summed E-state index contributed by atoms with van der Waals surface area (Å²) in [6, 6.07) is 5.68. The minimum absolute atomic E-state index is 0.0437. The predicted octanol–water partition coefficient (Wildman–Crippen LogP) is 3.63. The van der Waals surface area contributed by atoms with Gasteiger partial charge in [0.15, 0.2) is 0 Å². The van der Waals surface area contributed by atoms with Crippen LogP contribution < -0.4 is 11.1 Å². The fourth-order valence-corrected chi connectivity index (χ4v) is 2.74. The molecule has 0 radical (unpaired) electrons. The first-order valence-electron chi connectivity index (χ1n) is 6.65. The quantitative estimate of drug-likeness (QED) is 0.881. The Balaban J connectivity index is 2.18. The fraction of sp³-hybridized carbons (Fsp3) is 0.571. The topological polar surface area (TPSA) is 38.0 Å². The lowest BCUT2D eigenvalue weighted by molar-refractivity contribution is -0.137. The molecule has 0 aliphatic heterocycles. The maximum Gasteiger partial charge on any atom is 0.418 e. The SMILES string of the molecule is NCC1CCCCC1Nc1ccccc1C(F)(F)F. The summed E-state index contributed by atoms with van der Waals surface area (Å²) in [6.07, 6.45) is -0.295. The summed E-state index contributed by atoms with van der Waals surface area (Å²) >= 11 is 0. The number of benzene rings is 1. The van der Waals surface area contributed by atoms with E-state index in [9.17, 15) is 13.2 Å². The summed E-state index contributed by atoms with van der Waals surface area (Å²) in [6.45, 7) is 0.520. The van der Waals surface area contributed by atoms with Crippen LogP contribution in [0.3, 0.4) is 0 Å². The van der Waals surface area contributed by atoms with Gasteiger partial charge in [0.2, 0.25) is 0 Å². The molecule has 0 heterocycles. The van der Waals surface area contributed by atoms with Crippen LogP contribution in [-0.4, -0.2) is 12.6 Å². The summed E-state index contributed by atoms with van der Waals surface area (Å²) < 4.78 is 38.8. The van der Waals surface area contributed by atoms with Crippen molar-refractivity contribution in [3.63, 3.8) is 0 Å². The molecular formula is C14H19F3N2. The van der Waals surface area contributed by atoms with Crippen molar-refractivity contribution < 1.29 is 13.2 Å². The van der Waals surface area contributed by atoms with E-state index in [2.05, 4.69) is 5.32 Å². The summed E-state index contributed by atoms with van der Waals surface area (Å²) in [5, 5.41) is 3.06. The van der Waals surface area contributed by atoms with Crippen molar-refractivity contribution in [2.24, 2.45) is 11.7 Å². The molecule has 0 amide bonds. The third kappa shape index (κ3) is 3.41. The van der Waals surface area contributed by atoms with Gasteiger partial charge < -0.3 is 11.1 Å². The Morgan fingerprint density at radius 3 is 2.53 bits per heavy atom. The Bertz CT molecular complexity index is 417. The van der Waals surface area contributed by atoms with Gasteiger partial charge in [-0.1, -0.05) is 25.0 Å². The average molecular weight is 272 g/mol. The van der Waals surface area contributed by atoms with Crippen LogP contribution in [0.1, 0.15) is 31.2 Å². The highest BCUT2D eigenvalue weighted by atomic mass is 19.4. The molecule has 2 rings (SSSR count). The van der Waals surface area contributed by atoms with Crippen molar-refractivity contribution in [2.75, 3.05) is 11.9 Å². The lowest BCUT2D eigenvalue weighted by Crippen LogP contribution is -2.37. The second kappa shape index (κ2) is 5.82. The minimum atomic E-state index is -4.32. The van der Waals surface area contributed by atoms with Crippen LogP contribution in [0.5, 0.6) is 0 Å². The summed E-state index contributed by atoms with van der Waals surface area (Å²) in [7, 11) is 0. The molecule has 0 aromatic heterocycles. The molecule has 1 saturated carbocycles. The third-order valence-electron chi connectivity index (χ3n) is 3.79. The van der Waals surface area contributed by atoms with Crippen LogP contribution >= 0.6 is 0 Å². The molecule has 106 valence electrons. The van der Waals surface area contributed by atoms with Crippen LogP contribution in [0.15, 0.2) is 24.3 Å². The maximum absolute atomic E-state index is 12.9. The number of hydrogen-bond acceptors (Lipinski definition) is 2. The first-order valence-corrected chi connectivity index (χ1v) is 6.65. The number of hydrogen-bond donors (Lipinski definition) is 2. The number of nitrogens with one attached hydrogen (secondary N) is 1. The van der Waals surface area contributed by atoms with Gasteiger partial charge in [0.25, 0.3) is 0 Å². The number of anilines is 1.